The van der Waals surface area contributed by atoms with Crippen LogP contribution in [-0.4, -0.2) is 17.7 Å². The van der Waals surface area contributed by atoms with E-state index in [-0.39, 0.29) is 11.7 Å². The summed E-state index contributed by atoms with van der Waals surface area (Å²) >= 11 is 0. The van der Waals surface area contributed by atoms with E-state index in [1.807, 2.05) is 0 Å². The van der Waals surface area contributed by atoms with Gasteiger partial charge < -0.3 is 9.84 Å². The molecule has 0 atom stereocenters. The third-order valence-electron chi connectivity index (χ3n) is 2.08. The van der Waals surface area contributed by atoms with Gasteiger partial charge in [0.05, 0.1) is 6.61 Å². The van der Waals surface area contributed by atoms with Gasteiger partial charge >= 0.3 is 5.97 Å². The van der Waals surface area contributed by atoms with Crippen molar-refractivity contribution in [1.82, 2.24) is 0 Å². The van der Waals surface area contributed by atoms with Crippen molar-refractivity contribution in [2.24, 2.45) is 0 Å². The fourth-order valence-corrected chi connectivity index (χ4v) is 1.24. The smallest absolute Gasteiger partial charge is 0.330 e. The molecule has 0 aliphatic heterocycles. The van der Waals surface area contributed by atoms with Crippen molar-refractivity contribution in [2.45, 2.75) is 12.8 Å². The third-order valence-corrected chi connectivity index (χ3v) is 2.08. The summed E-state index contributed by atoms with van der Waals surface area (Å²) < 4.78 is 4.96. The van der Waals surface area contributed by atoms with Crippen molar-refractivity contribution in [3.05, 3.63) is 48.6 Å². The van der Waals surface area contributed by atoms with Crippen LogP contribution in [0, 0.1) is 0 Å². The molecule has 0 amide bonds. The molecule has 0 saturated heterocycles. The summed E-state index contributed by atoms with van der Waals surface area (Å²) in [5.41, 5.74) is 0.757. The quantitative estimate of drug-likeness (QED) is 0.355. The zero-order valence-electron chi connectivity index (χ0n) is 9.63. The monoisotopic (exact) mass is 232 g/mol. The maximum Gasteiger partial charge on any atom is 0.330 e. The number of esters is 1. The first-order chi connectivity index (χ1) is 8.22. The number of carbonyl (C=O) groups is 1. The highest BCUT2D eigenvalue weighted by Crippen LogP contribution is 2.11. The molecule has 3 heteroatoms. The number of rotatable bonds is 6. The second-order valence-corrected chi connectivity index (χ2v) is 3.53. The molecule has 1 aromatic carbocycles. The number of benzene rings is 1. The van der Waals surface area contributed by atoms with E-state index < -0.39 is 0 Å². The number of allylic oxidation sites excluding steroid dienone is 1. The van der Waals surface area contributed by atoms with E-state index in [0.29, 0.717) is 6.61 Å². The predicted molar refractivity (Wildman–Crippen MR) is 67.5 cm³/mol. The first-order valence-electron chi connectivity index (χ1n) is 5.47. The molecular weight excluding hydrogens is 216 g/mol. The average Bonchev–Trinajstić information content (AvgIpc) is 2.32. The molecule has 1 rings (SSSR count). The molecule has 0 aliphatic rings. The van der Waals surface area contributed by atoms with Gasteiger partial charge in [0.1, 0.15) is 5.75 Å². The summed E-state index contributed by atoms with van der Waals surface area (Å²) in [7, 11) is 0. The van der Waals surface area contributed by atoms with Crippen molar-refractivity contribution in [3.63, 3.8) is 0 Å². The minimum Gasteiger partial charge on any atom is -0.508 e. The van der Waals surface area contributed by atoms with Gasteiger partial charge in [-0.3, -0.25) is 0 Å². The summed E-state index contributed by atoms with van der Waals surface area (Å²) in [5.74, 6) is -0.205. The van der Waals surface area contributed by atoms with E-state index in [1.165, 1.54) is 6.08 Å². The molecule has 1 aromatic rings. The van der Waals surface area contributed by atoms with Gasteiger partial charge in [-0.15, -0.1) is 6.58 Å². The van der Waals surface area contributed by atoms with E-state index >= 15 is 0 Å². The molecule has 0 saturated carbocycles. The fraction of sp³-hybridized carbons (Fsp3) is 0.214. The van der Waals surface area contributed by atoms with Gasteiger partial charge in [-0.25, -0.2) is 4.79 Å². The molecule has 90 valence electrons. The number of unbranched alkanes of at least 4 members (excludes halogenated alkanes) is 1. The lowest BCUT2D eigenvalue weighted by Crippen LogP contribution is -2.01. The Morgan fingerprint density at radius 1 is 1.47 bits per heavy atom. The van der Waals surface area contributed by atoms with Crippen molar-refractivity contribution >= 4 is 12.0 Å². The number of phenols is 1. The van der Waals surface area contributed by atoms with E-state index in [2.05, 4.69) is 6.58 Å². The average molecular weight is 232 g/mol. The molecule has 1 N–H and O–H groups in total. The Bertz CT molecular complexity index is 408. The number of carbonyl (C=O) groups excluding carboxylic acids is 1. The van der Waals surface area contributed by atoms with Crippen molar-refractivity contribution < 1.29 is 14.6 Å². The van der Waals surface area contributed by atoms with Gasteiger partial charge in [0.25, 0.3) is 0 Å². The van der Waals surface area contributed by atoms with E-state index in [9.17, 15) is 9.90 Å². The van der Waals surface area contributed by atoms with Crippen LogP contribution in [-0.2, 0) is 9.53 Å². The van der Waals surface area contributed by atoms with Crippen LogP contribution >= 0.6 is 0 Å². The highest BCUT2D eigenvalue weighted by Gasteiger charge is 1.96. The lowest BCUT2D eigenvalue weighted by molar-refractivity contribution is -0.137. The molecule has 0 spiro atoms. The summed E-state index contributed by atoms with van der Waals surface area (Å²) in [5, 5.41) is 9.22. The Morgan fingerprint density at radius 2 is 2.29 bits per heavy atom. The molecule has 0 bridgehead atoms. The van der Waals surface area contributed by atoms with Crippen LogP contribution in [0.3, 0.4) is 0 Å². The SMILES string of the molecule is C=CCCCOC(=O)/C=C/c1cccc(O)c1. The highest BCUT2D eigenvalue weighted by molar-refractivity contribution is 5.87. The van der Waals surface area contributed by atoms with Crippen LogP contribution in [0.2, 0.25) is 0 Å². The van der Waals surface area contributed by atoms with Gasteiger partial charge in [-0.05, 0) is 36.6 Å². The Morgan fingerprint density at radius 3 is 3.00 bits per heavy atom. The van der Waals surface area contributed by atoms with Gasteiger partial charge in [0.2, 0.25) is 0 Å². The predicted octanol–water partition coefficient (Wildman–Crippen LogP) is 2.91. The molecule has 0 aliphatic carbocycles. The molecule has 0 heterocycles. The minimum absolute atomic E-state index is 0.173. The van der Waals surface area contributed by atoms with E-state index in [0.717, 1.165) is 18.4 Å². The third kappa shape index (κ3) is 5.56. The Balaban J connectivity index is 2.37. The topological polar surface area (TPSA) is 46.5 Å². The summed E-state index contributed by atoms with van der Waals surface area (Å²) in [4.78, 5) is 11.3. The number of ether oxygens (including phenoxy) is 1. The minimum atomic E-state index is -0.377. The first-order valence-corrected chi connectivity index (χ1v) is 5.47. The van der Waals surface area contributed by atoms with Crippen LogP contribution in [0.15, 0.2) is 43.0 Å². The maximum atomic E-state index is 11.3. The fourth-order valence-electron chi connectivity index (χ4n) is 1.24. The maximum absolute atomic E-state index is 11.3. The molecular formula is C14H16O3. The van der Waals surface area contributed by atoms with Crippen molar-refractivity contribution in [3.8, 4) is 5.75 Å². The number of hydrogen-bond donors (Lipinski definition) is 1. The normalized spacial score (nSPS) is 10.4. The van der Waals surface area contributed by atoms with Crippen LogP contribution in [0.1, 0.15) is 18.4 Å². The lowest BCUT2D eigenvalue weighted by Gasteiger charge is -1.99. The van der Waals surface area contributed by atoms with Crippen LogP contribution < -0.4 is 0 Å². The van der Waals surface area contributed by atoms with Gasteiger partial charge in [-0.2, -0.15) is 0 Å². The summed E-state index contributed by atoms with van der Waals surface area (Å²) in [6.07, 6.45) is 6.37. The molecule has 17 heavy (non-hydrogen) atoms. The summed E-state index contributed by atoms with van der Waals surface area (Å²) in [6, 6.07) is 6.65. The first kappa shape index (κ1) is 13.0. The zero-order chi connectivity index (χ0) is 12.5. The van der Waals surface area contributed by atoms with Crippen LogP contribution in [0.4, 0.5) is 0 Å². The number of hydrogen-bond acceptors (Lipinski definition) is 3. The molecule has 0 unspecified atom stereocenters. The van der Waals surface area contributed by atoms with Crippen LogP contribution in [0.25, 0.3) is 6.08 Å². The zero-order valence-corrected chi connectivity index (χ0v) is 9.63. The van der Waals surface area contributed by atoms with Crippen molar-refractivity contribution in [2.75, 3.05) is 6.61 Å². The number of aromatic hydroxyl groups is 1. The molecule has 0 aromatic heterocycles. The Labute approximate surface area is 101 Å². The van der Waals surface area contributed by atoms with Gasteiger partial charge in [-0.1, -0.05) is 18.2 Å². The standard InChI is InChI=1S/C14H16O3/c1-2-3-4-10-17-14(16)9-8-12-6-5-7-13(15)11-12/h2,5-9,11,15H,1,3-4,10H2/b9-8+. The summed E-state index contributed by atoms with van der Waals surface area (Å²) in [6.45, 7) is 3.98. The molecule has 0 fully saturated rings. The van der Waals surface area contributed by atoms with Crippen LogP contribution in [0.5, 0.6) is 5.75 Å². The van der Waals surface area contributed by atoms with Gasteiger partial charge in [0, 0.05) is 6.08 Å². The second kappa shape index (κ2) is 7.28. The second-order valence-electron chi connectivity index (χ2n) is 3.53. The largest absolute Gasteiger partial charge is 0.508 e. The Kier molecular flexibility index (Phi) is 5.58. The van der Waals surface area contributed by atoms with E-state index in [4.69, 9.17) is 4.74 Å². The van der Waals surface area contributed by atoms with E-state index in [1.54, 1.807) is 36.4 Å². The molecule has 0 radical (unpaired) electrons. The number of phenolic OH excluding ortho intramolecular Hbond substituents is 1. The van der Waals surface area contributed by atoms with Gasteiger partial charge in [0.15, 0.2) is 0 Å². The molecule has 3 nitrogen and oxygen atoms in total. The lowest BCUT2D eigenvalue weighted by atomic mass is 10.2. The highest BCUT2D eigenvalue weighted by atomic mass is 16.5. The Hall–Kier alpha value is -2.03. The van der Waals surface area contributed by atoms with Crippen molar-refractivity contribution in [1.29, 1.82) is 0 Å².